The molecule has 1 aromatic rings. The number of aromatic nitrogens is 3. The smallest absolute Gasteiger partial charge is 0.138 e. The lowest BCUT2D eigenvalue weighted by atomic mass is 10.1. The SMILES string of the molecule is CCNC(Cc1ncnn1CC(C)C)C1CSCCO1. The van der Waals surface area contributed by atoms with Gasteiger partial charge in [-0.2, -0.15) is 16.9 Å². The summed E-state index contributed by atoms with van der Waals surface area (Å²) in [5.41, 5.74) is 0. The molecule has 0 aliphatic carbocycles. The number of nitrogens with one attached hydrogen (secondary N) is 1. The molecular formula is C14H26N4OS. The molecule has 1 N–H and O–H groups in total. The fourth-order valence-electron chi connectivity index (χ4n) is 2.48. The molecule has 6 heteroatoms. The van der Waals surface area contributed by atoms with Crippen molar-refractivity contribution >= 4 is 11.8 Å². The van der Waals surface area contributed by atoms with Crippen LogP contribution in [-0.2, 0) is 17.7 Å². The molecule has 1 saturated heterocycles. The van der Waals surface area contributed by atoms with Crippen LogP contribution in [0.25, 0.3) is 0 Å². The molecule has 1 aromatic heterocycles. The summed E-state index contributed by atoms with van der Waals surface area (Å²) >= 11 is 1.98. The van der Waals surface area contributed by atoms with Crippen LogP contribution in [0.4, 0.5) is 0 Å². The minimum atomic E-state index is 0.276. The molecule has 2 atom stereocenters. The highest BCUT2D eigenvalue weighted by atomic mass is 32.2. The van der Waals surface area contributed by atoms with Crippen molar-refractivity contribution in [2.75, 3.05) is 24.7 Å². The zero-order valence-electron chi connectivity index (χ0n) is 12.7. The van der Waals surface area contributed by atoms with Crippen LogP contribution in [0, 0.1) is 5.92 Å². The van der Waals surface area contributed by atoms with E-state index in [0.29, 0.717) is 12.0 Å². The van der Waals surface area contributed by atoms with Gasteiger partial charge in [0.2, 0.25) is 0 Å². The van der Waals surface area contributed by atoms with Crippen LogP contribution in [0.3, 0.4) is 0 Å². The molecule has 2 heterocycles. The number of thioether (sulfide) groups is 1. The van der Waals surface area contributed by atoms with E-state index in [1.54, 1.807) is 6.33 Å². The van der Waals surface area contributed by atoms with Gasteiger partial charge in [-0.1, -0.05) is 20.8 Å². The fraction of sp³-hybridized carbons (Fsp3) is 0.857. The minimum absolute atomic E-state index is 0.276. The highest BCUT2D eigenvalue weighted by Crippen LogP contribution is 2.18. The van der Waals surface area contributed by atoms with Gasteiger partial charge in [0.15, 0.2) is 0 Å². The van der Waals surface area contributed by atoms with Gasteiger partial charge < -0.3 is 10.1 Å². The lowest BCUT2D eigenvalue weighted by molar-refractivity contribution is 0.0467. The van der Waals surface area contributed by atoms with Gasteiger partial charge in [-0.3, -0.25) is 0 Å². The Kier molecular flexibility index (Phi) is 6.32. The Labute approximate surface area is 125 Å². The summed E-state index contributed by atoms with van der Waals surface area (Å²) in [7, 11) is 0. The highest BCUT2D eigenvalue weighted by molar-refractivity contribution is 7.99. The van der Waals surface area contributed by atoms with Gasteiger partial charge in [-0.25, -0.2) is 9.67 Å². The molecule has 2 unspecified atom stereocenters. The Morgan fingerprint density at radius 3 is 3.05 bits per heavy atom. The van der Waals surface area contributed by atoms with Crippen LogP contribution >= 0.6 is 11.8 Å². The standard InChI is InChI=1S/C14H26N4OS/c1-4-15-12(13-9-20-6-5-19-13)7-14-16-10-17-18(14)8-11(2)3/h10-13,15H,4-9H2,1-3H3. The molecule has 1 fully saturated rings. The Balaban J connectivity index is 2.01. The van der Waals surface area contributed by atoms with Gasteiger partial charge >= 0.3 is 0 Å². The third-order valence-electron chi connectivity index (χ3n) is 3.39. The maximum Gasteiger partial charge on any atom is 0.138 e. The van der Waals surface area contributed by atoms with E-state index in [4.69, 9.17) is 4.74 Å². The van der Waals surface area contributed by atoms with E-state index in [1.807, 2.05) is 16.4 Å². The Hall–Kier alpha value is -0.590. The number of nitrogens with zero attached hydrogens (tertiary/aromatic N) is 3. The highest BCUT2D eigenvalue weighted by Gasteiger charge is 2.26. The van der Waals surface area contributed by atoms with E-state index < -0.39 is 0 Å². The number of ether oxygens (including phenoxy) is 1. The molecule has 114 valence electrons. The summed E-state index contributed by atoms with van der Waals surface area (Å²) in [6, 6.07) is 0.322. The lowest BCUT2D eigenvalue weighted by Crippen LogP contribution is -2.46. The number of likely N-dealkylation sites (N-methyl/N-ethyl adjacent to an activating group) is 1. The molecular weight excluding hydrogens is 272 g/mol. The van der Waals surface area contributed by atoms with Gasteiger partial charge in [0, 0.05) is 30.5 Å². The fourth-order valence-corrected chi connectivity index (χ4v) is 3.42. The number of rotatable bonds is 7. The van der Waals surface area contributed by atoms with Gasteiger partial charge in [0.05, 0.1) is 12.7 Å². The predicted molar refractivity (Wildman–Crippen MR) is 83.1 cm³/mol. The first-order valence-electron chi connectivity index (χ1n) is 7.50. The van der Waals surface area contributed by atoms with Crippen molar-refractivity contribution in [1.29, 1.82) is 0 Å². The molecule has 1 aliphatic heterocycles. The monoisotopic (exact) mass is 298 g/mol. The summed E-state index contributed by atoms with van der Waals surface area (Å²) in [6.07, 6.45) is 2.82. The zero-order chi connectivity index (χ0) is 14.4. The quantitative estimate of drug-likeness (QED) is 0.828. The Morgan fingerprint density at radius 1 is 1.55 bits per heavy atom. The molecule has 0 radical (unpaired) electrons. The molecule has 0 spiro atoms. The van der Waals surface area contributed by atoms with Crippen LogP contribution in [0.15, 0.2) is 6.33 Å². The topological polar surface area (TPSA) is 52.0 Å². The van der Waals surface area contributed by atoms with E-state index in [2.05, 4.69) is 36.2 Å². The van der Waals surface area contributed by atoms with Crippen LogP contribution in [0.5, 0.6) is 0 Å². The molecule has 20 heavy (non-hydrogen) atoms. The van der Waals surface area contributed by atoms with Crippen molar-refractivity contribution in [2.24, 2.45) is 5.92 Å². The molecule has 0 amide bonds. The van der Waals surface area contributed by atoms with Crippen molar-refractivity contribution in [3.63, 3.8) is 0 Å². The Morgan fingerprint density at radius 2 is 2.40 bits per heavy atom. The van der Waals surface area contributed by atoms with E-state index in [0.717, 1.165) is 43.4 Å². The zero-order valence-corrected chi connectivity index (χ0v) is 13.5. The maximum atomic E-state index is 5.92. The van der Waals surface area contributed by atoms with E-state index in [1.165, 1.54) is 0 Å². The first-order chi connectivity index (χ1) is 9.70. The van der Waals surface area contributed by atoms with Gasteiger partial charge in [0.25, 0.3) is 0 Å². The van der Waals surface area contributed by atoms with Crippen LogP contribution in [-0.4, -0.2) is 51.6 Å². The summed E-state index contributed by atoms with van der Waals surface area (Å²) in [5, 5.41) is 7.90. The molecule has 0 aromatic carbocycles. The Bertz CT molecular complexity index is 390. The van der Waals surface area contributed by atoms with Crippen LogP contribution in [0.1, 0.15) is 26.6 Å². The van der Waals surface area contributed by atoms with Gasteiger partial charge in [-0.15, -0.1) is 0 Å². The molecule has 5 nitrogen and oxygen atoms in total. The van der Waals surface area contributed by atoms with Gasteiger partial charge in [-0.05, 0) is 12.5 Å². The minimum Gasteiger partial charge on any atom is -0.375 e. The second kappa shape index (κ2) is 8.00. The van der Waals surface area contributed by atoms with Crippen LogP contribution in [0.2, 0.25) is 0 Å². The van der Waals surface area contributed by atoms with Crippen LogP contribution < -0.4 is 5.32 Å². The summed E-state index contributed by atoms with van der Waals surface area (Å²) in [4.78, 5) is 4.44. The van der Waals surface area contributed by atoms with Crippen molar-refractivity contribution < 1.29 is 4.74 Å². The molecule has 0 bridgehead atoms. The predicted octanol–water partition coefficient (Wildman–Crippen LogP) is 1.59. The van der Waals surface area contributed by atoms with Crippen molar-refractivity contribution in [1.82, 2.24) is 20.1 Å². The van der Waals surface area contributed by atoms with Crippen molar-refractivity contribution in [3.05, 3.63) is 12.2 Å². The van der Waals surface area contributed by atoms with E-state index >= 15 is 0 Å². The van der Waals surface area contributed by atoms with Gasteiger partial charge in [0.1, 0.15) is 12.2 Å². The molecule has 1 aliphatic rings. The average molecular weight is 298 g/mol. The third-order valence-corrected chi connectivity index (χ3v) is 4.41. The first kappa shape index (κ1) is 15.8. The molecule has 0 saturated carbocycles. The normalized spacial score (nSPS) is 21.3. The third kappa shape index (κ3) is 4.46. The average Bonchev–Trinajstić information content (AvgIpc) is 2.86. The lowest BCUT2D eigenvalue weighted by Gasteiger charge is -2.30. The second-order valence-corrected chi connectivity index (χ2v) is 6.75. The van der Waals surface area contributed by atoms with Crippen molar-refractivity contribution in [2.45, 2.75) is 45.9 Å². The maximum absolute atomic E-state index is 5.92. The summed E-state index contributed by atoms with van der Waals surface area (Å²) in [6.45, 7) is 9.28. The number of hydrogen-bond acceptors (Lipinski definition) is 5. The van der Waals surface area contributed by atoms with E-state index in [9.17, 15) is 0 Å². The first-order valence-corrected chi connectivity index (χ1v) is 8.65. The second-order valence-electron chi connectivity index (χ2n) is 5.60. The summed E-state index contributed by atoms with van der Waals surface area (Å²) in [5.74, 6) is 3.81. The van der Waals surface area contributed by atoms with E-state index in [-0.39, 0.29) is 6.10 Å². The number of hydrogen-bond donors (Lipinski definition) is 1. The van der Waals surface area contributed by atoms with Crippen molar-refractivity contribution in [3.8, 4) is 0 Å². The summed E-state index contributed by atoms with van der Waals surface area (Å²) < 4.78 is 7.95. The largest absolute Gasteiger partial charge is 0.375 e. The molecule has 2 rings (SSSR count).